The zero-order valence-corrected chi connectivity index (χ0v) is 17.4. The van der Waals surface area contributed by atoms with E-state index in [4.69, 9.17) is 4.42 Å². The molecule has 1 aromatic carbocycles. The van der Waals surface area contributed by atoms with Crippen molar-refractivity contribution in [3.8, 4) is 0 Å². The Morgan fingerprint density at radius 1 is 1.04 bits per heavy atom. The minimum absolute atomic E-state index is 0. The maximum Gasteiger partial charge on any atom is 0.190 e. The van der Waals surface area contributed by atoms with Gasteiger partial charge >= 0.3 is 0 Å². The van der Waals surface area contributed by atoms with E-state index in [0.717, 1.165) is 50.6 Å². The number of benzene rings is 1. The summed E-state index contributed by atoms with van der Waals surface area (Å²) < 4.78 is 5.32. The molecule has 0 bridgehead atoms. The molecule has 0 spiro atoms. The number of nitrogens with one attached hydrogen (secondary N) is 2. The molecule has 1 heterocycles. The summed E-state index contributed by atoms with van der Waals surface area (Å²) in [5, 5.41) is 6.65. The molecule has 0 amide bonds. The van der Waals surface area contributed by atoms with Gasteiger partial charge in [-0.25, -0.2) is 0 Å². The average molecular weight is 456 g/mol. The number of aliphatic imine (C=N–C) groups is 1. The van der Waals surface area contributed by atoms with Crippen molar-refractivity contribution in [2.45, 2.75) is 19.3 Å². The first kappa shape index (κ1) is 21.3. The molecular formula is C19H29IN4O. The lowest BCUT2D eigenvalue weighted by Gasteiger charge is -2.19. The van der Waals surface area contributed by atoms with Crippen LogP contribution in [0.1, 0.15) is 18.6 Å². The third-order valence-corrected chi connectivity index (χ3v) is 3.88. The van der Waals surface area contributed by atoms with Crippen LogP contribution in [0.5, 0.6) is 0 Å². The van der Waals surface area contributed by atoms with Crippen molar-refractivity contribution >= 4 is 35.6 Å². The Balaban J connectivity index is 0.00000312. The molecule has 1 aromatic heterocycles. The summed E-state index contributed by atoms with van der Waals surface area (Å²) in [7, 11) is 3.93. The summed E-state index contributed by atoms with van der Waals surface area (Å²) in [6.07, 6.45) is 4.81. The summed E-state index contributed by atoms with van der Waals surface area (Å²) in [4.78, 5) is 6.53. The first-order valence-electron chi connectivity index (χ1n) is 8.52. The molecule has 0 aliphatic carbocycles. The van der Waals surface area contributed by atoms with Gasteiger partial charge in [0.25, 0.3) is 0 Å². The fourth-order valence-electron chi connectivity index (χ4n) is 2.47. The minimum atomic E-state index is 0. The van der Waals surface area contributed by atoms with Gasteiger partial charge in [0.1, 0.15) is 5.76 Å². The van der Waals surface area contributed by atoms with E-state index in [-0.39, 0.29) is 24.0 Å². The third kappa shape index (κ3) is 8.29. The second kappa shape index (κ2) is 12.6. The number of hydrogen-bond acceptors (Lipinski definition) is 3. The first-order valence-corrected chi connectivity index (χ1v) is 8.52. The number of unbranched alkanes of at least 4 members (excludes halogenated alkanes) is 1. The van der Waals surface area contributed by atoms with E-state index >= 15 is 0 Å². The standard InChI is InChI=1S/C19H28N4O.HI/c1-20-19(22-14-12-18-11-8-16-24-18)21-13-6-7-15-23(2)17-9-4-3-5-10-17;/h3-5,8-11,16H,6-7,12-15H2,1-2H3,(H2,20,21,22);1H. The SMILES string of the molecule is CN=C(NCCCCN(C)c1ccccc1)NCCc1ccco1.I. The number of anilines is 1. The van der Waals surface area contributed by atoms with E-state index in [9.17, 15) is 0 Å². The lowest BCUT2D eigenvalue weighted by Crippen LogP contribution is -2.38. The fourth-order valence-corrected chi connectivity index (χ4v) is 2.47. The summed E-state index contributed by atoms with van der Waals surface area (Å²) in [6.45, 7) is 2.78. The molecule has 2 aromatic rings. The van der Waals surface area contributed by atoms with Gasteiger partial charge in [0, 0.05) is 45.8 Å². The summed E-state index contributed by atoms with van der Waals surface area (Å²) in [6, 6.07) is 14.4. The highest BCUT2D eigenvalue weighted by molar-refractivity contribution is 14.0. The highest BCUT2D eigenvalue weighted by atomic mass is 127. The molecule has 0 radical (unpaired) electrons. The van der Waals surface area contributed by atoms with Crippen molar-refractivity contribution in [3.05, 3.63) is 54.5 Å². The largest absolute Gasteiger partial charge is 0.469 e. The van der Waals surface area contributed by atoms with E-state index in [1.807, 2.05) is 18.2 Å². The molecule has 0 saturated heterocycles. The molecule has 5 nitrogen and oxygen atoms in total. The predicted molar refractivity (Wildman–Crippen MR) is 116 cm³/mol. The molecule has 0 aliphatic rings. The molecule has 2 N–H and O–H groups in total. The number of nitrogens with zero attached hydrogens (tertiary/aromatic N) is 2. The van der Waals surface area contributed by atoms with Crippen LogP contribution >= 0.6 is 24.0 Å². The molecule has 0 saturated carbocycles. The van der Waals surface area contributed by atoms with E-state index in [0.29, 0.717) is 0 Å². The van der Waals surface area contributed by atoms with E-state index in [1.54, 1.807) is 13.3 Å². The highest BCUT2D eigenvalue weighted by Gasteiger charge is 2.01. The minimum Gasteiger partial charge on any atom is -0.469 e. The zero-order valence-electron chi connectivity index (χ0n) is 15.1. The molecule has 6 heteroatoms. The van der Waals surface area contributed by atoms with E-state index in [1.165, 1.54) is 5.69 Å². The number of guanidine groups is 1. The Bertz CT molecular complexity index is 587. The summed E-state index contributed by atoms with van der Waals surface area (Å²) in [5.41, 5.74) is 1.26. The van der Waals surface area contributed by atoms with Crippen molar-refractivity contribution in [2.75, 3.05) is 38.6 Å². The van der Waals surface area contributed by atoms with Gasteiger partial charge < -0.3 is 20.0 Å². The summed E-state index contributed by atoms with van der Waals surface area (Å²) >= 11 is 0. The maximum atomic E-state index is 5.32. The molecular weight excluding hydrogens is 427 g/mol. The summed E-state index contributed by atoms with van der Waals surface area (Å²) in [5.74, 6) is 1.83. The first-order chi connectivity index (χ1) is 11.8. The third-order valence-electron chi connectivity index (χ3n) is 3.88. The fraction of sp³-hybridized carbons (Fsp3) is 0.421. The van der Waals surface area contributed by atoms with E-state index < -0.39 is 0 Å². The molecule has 0 atom stereocenters. The van der Waals surface area contributed by atoms with Crippen LogP contribution in [-0.2, 0) is 6.42 Å². The number of furan rings is 1. The predicted octanol–water partition coefficient (Wildman–Crippen LogP) is 3.52. The smallest absolute Gasteiger partial charge is 0.190 e. The monoisotopic (exact) mass is 456 g/mol. The molecule has 25 heavy (non-hydrogen) atoms. The topological polar surface area (TPSA) is 52.8 Å². The second-order valence-corrected chi connectivity index (χ2v) is 5.72. The van der Waals surface area contributed by atoms with Crippen molar-refractivity contribution in [3.63, 3.8) is 0 Å². The number of halogens is 1. The van der Waals surface area contributed by atoms with E-state index in [2.05, 4.69) is 51.8 Å². The van der Waals surface area contributed by atoms with Crippen LogP contribution in [0.25, 0.3) is 0 Å². The quantitative estimate of drug-likeness (QED) is 0.263. The van der Waals surface area contributed by atoms with Gasteiger partial charge in [0.15, 0.2) is 5.96 Å². The lowest BCUT2D eigenvalue weighted by atomic mass is 10.2. The Morgan fingerprint density at radius 2 is 1.80 bits per heavy atom. The van der Waals surface area contributed by atoms with Crippen molar-refractivity contribution in [2.24, 2.45) is 4.99 Å². The molecule has 2 rings (SSSR count). The van der Waals surface area contributed by atoms with Gasteiger partial charge in [0.05, 0.1) is 6.26 Å². The Kier molecular flexibility index (Phi) is 10.8. The van der Waals surface area contributed by atoms with Gasteiger partial charge in [-0.15, -0.1) is 24.0 Å². The normalized spacial score (nSPS) is 10.9. The molecule has 0 aliphatic heterocycles. The number of hydrogen-bond donors (Lipinski definition) is 2. The Hall–Kier alpha value is -1.70. The number of para-hydroxylation sites is 1. The van der Waals surface area contributed by atoms with Gasteiger partial charge in [-0.05, 0) is 37.1 Å². The number of rotatable bonds is 9. The van der Waals surface area contributed by atoms with Gasteiger partial charge in [-0.3, -0.25) is 4.99 Å². The van der Waals surface area contributed by atoms with Gasteiger partial charge in [0.2, 0.25) is 0 Å². The molecule has 0 fully saturated rings. The maximum absolute atomic E-state index is 5.32. The Morgan fingerprint density at radius 3 is 2.48 bits per heavy atom. The van der Waals surface area contributed by atoms with Crippen LogP contribution in [0.4, 0.5) is 5.69 Å². The molecule has 138 valence electrons. The van der Waals surface area contributed by atoms with Crippen molar-refractivity contribution in [1.29, 1.82) is 0 Å². The van der Waals surface area contributed by atoms with Crippen molar-refractivity contribution < 1.29 is 4.42 Å². The lowest BCUT2D eigenvalue weighted by molar-refractivity contribution is 0.506. The van der Waals surface area contributed by atoms with Gasteiger partial charge in [-0.2, -0.15) is 0 Å². The second-order valence-electron chi connectivity index (χ2n) is 5.72. The highest BCUT2D eigenvalue weighted by Crippen LogP contribution is 2.11. The molecule has 0 unspecified atom stereocenters. The van der Waals surface area contributed by atoms with Crippen LogP contribution in [0, 0.1) is 0 Å². The van der Waals surface area contributed by atoms with Crippen LogP contribution in [0.2, 0.25) is 0 Å². The van der Waals surface area contributed by atoms with Gasteiger partial charge in [-0.1, -0.05) is 18.2 Å². The van der Waals surface area contributed by atoms with Crippen LogP contribution in [0.3, 0.4) is 0 Å². The van der Waals surface area contributed by atoms with Crippen molar-refractivity contribution in [1.82, 2.24) is 10.6 Å². The zero-order chi connectivity index (χ0) is 17.0. The Labute approximate surface area is 167 Å². The average Bonchev–Trinajstić information content (AvgIpc) is 3.14. The van der Waals surface area contributed by atoms with Crippen LogP contribution in [0.15, 0.2) is 58.1 Å². The van der Waals surface area contributed by atoms with Crippen LogP contribution in [-0.4, -0.2) is 39.7 Å². The van der Waals surface area contributed by atoms with Crippen LogP contribution < -0.4 is 15.5 Å².